The van der Waals surface area contributed by atoms with E-state index < -0.39 is 0 Å². The summed E-state index contributed by atoms with van der Waals surface area (Å²) < 4.78 is 0. The molecule has 1 amide bonds. The summed E-state index contributed by atoms with van der Waals surface area (Å²) in [4.78, 5) is 22.3. The third-order valence-corrected chi connectivity index (χ3v) is 5.85. The lowest BCUT2D eigenvalue weighted by Crippen LogP contribution is -2.47. The molecule has 2 aromatic carbocycles. The van der Waals surface area contributed by atoms with Crippen LogP contribution in [-0.2, 0) is 6.54 Å². The van der Waals surface area contributed by atoms with E-state index in [1.165, 1.54) is 11.1 Å². The second-order valence-corrected chi connectivity index (χ2v) is 8.25. The van der Waals surface area contributed by atoms with Crippen LogP contribution in [0.3, 0.4) is 0 Å². The molecule has 0 saturated carbocycles. The van der Waals surface area contributed by atoms with Gasteiger partial charge >= 0.3 is 0 Å². The molecule has 30 heavy (non-hydrogen) atoms. The maximum Gasteiger partial charge on any atom is 0.258 e. The zero-order valence-corrected chi connectivity index (χ0v) is 17.8. The van der Waals surface area contributed by atoms with Crippen molar-refractivity contribution in [1.29, 1.82) is 0 Å². The number of hydrogen-bond donors (Lipinski definition) is 0. The van der Waals surface area contributed by atoms with E-state index in [2.05, 4.69) is 47.1 Å². The van der Waals surface area contributed by atoms with Crippen molar-refractivity contribution in [3.8, 4) is 0 Å². The first-order chi connectivity index (χ1) is 14.6. The van der Waals surface area contributed by atoms with Crippen LogP contribution < -0.4 is 4.90 Å². The summed E-state index contributed by atoms with van der Waals surface area (Å²) in [6, 6.07) is 20.5. The maximum absolute atomic E-state index is 13.6. The van der Waals surface area contributed by atoms with Gasteiger partial charge in [0.25, 0.3) is 5.91 Å². The Hall–Kier alpha value is -2.98. The molecule has 1 aromatic heterocycles. The Kier molecular flexibility index (Phi) is 6.24. The number of benzene rings is 2. The number of carbonyl (C=O) groups is 1. The second-order valence-electron chi connectivity index (χ2n) is 8.25. The Balaban J connectivity index is 1.53. The molecule has 4 heteroatoms. The summed E-state index contributed by atoms with van der Waals surface area (Å²) in [6.45, 7) is 6.97. The Labute approximate surface area is 179 Å². The maximum atomic E-state index is 13.6. The Morgan fingerprint density at radius 2 is 1.77 bits per heavy atom. The molecular formula is C26H29N3O. The molecule has 0 N–H and O–H groups in total. The molecule has 4 nitrogen and oxygen atoms in total. The number of pyridine rings is 1. The highest BCUT2D eigenvalue weighted by Crippen LogP contribution is 2.27. The lowest BCUT2D eigenvalue weighted by molar-refractivity contribution is 0.0958. The fourth-order valence-corrected chi connectivity index (χ4v) is 4.20. The fraction of sp³-hybridized carbons (Fsp3) is 0.308. The summed E-state index contributed by atoms with van der Waals surface area (Å²) in [5, 5.41) is 0. The zero-order valence-electron chi connectivity index (χ0n) is 17.8. The van der Waals surface area contributed by atoms with Crippen LogP contribution in [0.1, 0.15) is 39.9 Å². The van der Waals surface area contributed by atoms with Crippen LogP contribution in [0.4, 0.5) is 5.69 Å². The van der Waals surface area contributed by atoms with Gasteiger partial charge in [0.2, 0.25) is 0 Å². The van der Waals surface area contributed by atoms with Gasteiger partial charge in [-0.1, -0.05) is 41.5 Å². The smallest absolute Gasteiger partial charge is 0.258 e. The molecule has 0 unspecified atom stereocenters. The zero-order chi connectivity index (χ0) is 20.9. The number of hydrogen-bond acceptors (Lipinski definition) is 3. The van der Waals surface area contributed by atoms with Gasteiger partial charge in [-0.15, -0.1) is 0 Å². The van der Waals surface area contributed by atoms with Gasteiger partial charge in [-0.25, -0.2) is 0 Å². The molecule has 1 aliphatic rings. The van der Waals surface area contributed by atoms with Gasteiger partial charge in [0.1, 0.15) is 0 Å². The van der Waals surface area contributed by atoms with Gasteiger partial charge in [0.05, 0.1) is 0 Å². The van der Waals surface area contributed by atoms with Crippen molar-refractivity contribution in [2.75, 3.05) is 18.0 Å². The summed E-state index contributed by atoms with van der Waals surface area (Å²) in [5.74, 6) is 0.0910. The average molecular weight is 400 g/mol. The molecule has 4 rings (SSSR count). The van der Waals surface area contributed by atoms with Crippen LogP contribution in [0, 0.1) is 13.8 Å². The largest absolute Gasteiger partial charge is 0.305 e. The number of piperidine rings is 1. The predicted octanol–water partition coefficient (Wildman–Crippen LogP) is 5.01. The van der Waals surface area contributed by atoms with Crippen molar-refractivity contribution in [1.82, 2.24) is 9.88 Å². The third-order valence-electron chi connectivity index (χ3n) is 5.85. The van der Waals surface area contributed by atoms with Crippen LogP contribution >= 0.6 is 0 Å². The molecule has 1 fully saturated rings. The lowest BCUT2D eigenvalue weighted by atomic mass is 9.99. The first-order valence-corrected chi connectivity index (χ1v) is 10.7. The SMILES string of the molecule is Cc1ccc(N(C(=O)c2cccc(C)c2)C2CCN(Cc3cccnc3)CC2)cc1. The Morgan fingerprint density at radius 1 is 1.00 bits per heavy atom. The predicted molar refractivity (Wildman–Crippen MR) is 122 cm³/mol. The number of carbonyl (C=O) groups excluding carboxylic acids is 1. The Morgan fingerprint density at radius 3 is 2.43 bits per heavy atom. The number of aromatic nitrogens is 1. The lowest BCUT2D eigenvalue weighted by Gasteiger charge is -2.38. The quantitative estimate of drug-likeness (QED) is 0.605. The number of likely N-dealkylation sites (tertiary alicyclic amines) is 1. The molecule has 0 bridgehead atoms. The van der Waals surface area contributed by atoms with Crippen LogP contribution in [0.15, 0.2) is 73.1 Å². The van der Waals surface area contributed by atoms with Crippen molar-refractivity contribution < 1.29 is 4.79 Å². The molecule has 1 saturated heterocycles. The monoisotopic (exact) mass is 399 g/mol. The van der Waals surface area contributed by atoms with E-state index in [0.717, 1.165) is 49.3 Å². The third kappa shape index (κ3) is 4.77. The van der Waals surface area contributed by atoms with E-state index in [0.29, 0.717) is 0 Å². The van der Waals surface area contributed by atoms with Crippen LogP contribution in [0.25, 0.3) is 0 Å². The van der Waals surface area contributed by atoms with Gasteiger partial charge in [-0.2, -0.15) is 0 Å². The van der Waals surface area contributed by atoms with Gasteiger partial charge in [-0.3, -0.25) is 14.7 Å². The molecule has 0 radical (unpaired) electrons. The number of rotatable bonds is 5. The molecule has 1 aliphatic heterocycles. The molecule has 3 aromatic rings. The minimum Gasteiger partial charge on any atom is -0.305 e. The molecule has 0 spiro atoms. The van der Waals surface area contributed by atoms with Crippen molar-refractivity contribution in [2.45, 2.75) is 39.3 Å². The molecule has 0 atom stereocenters. The van der Waals surface area contributed by atoms with Crippen LogP contribution in [0.2, 0.25) is 0 Å². The highest BCUT2D eigenvalue weighted by molar-refractivity contribution is 6.06. The van der Waals surface area contributed by atoms with E-state index in [1.54, 1.807) is 0 Å². The standard InChI is InChI=1S/C26H29N3O/c1-20-8-10-24(11-9-20)29(26(30)23-7-3-5-21(2)17-23)25-12-15-28(16-13-25)19-22-6-4-14-27-18-22/h3-11,14,17-18,25H,12-13,15-16,19H2,1-2H3. The number of aryl methyl sites for hydroxylation is 2. The molecule has 0 aliphatic carbocycles. The summed E-state index contributed by atoms with van der Waals surface area (Å²) >= 11 is 0. The number of nitrogens with zero attached hydrogens (tertiary/aromatic N) is 3. The number of amides is 1. The van der Waals surface area contributed by atoms with Crippen LogP contribution in [0.5, 0.6) is 0 Å². The highest BCUT2D eigenvalue weighted by atomic mass is 16.2. The fourth-order valence-electron chi connectivity index (χ4n) is 4.20. The van der Waals surface area contributed by atoms with Crippen molar-refractivity contribution in [3.63, 3.8) is 0 Å². The summed E-state index contributed by atoms with van der Waals surface area (Å²) in [6.07, 6.45) is 5.68. The van der Waals surface area contributed by atoms with Gasteiger partial charge in [0.15, 0.2) is 0 Å². The van der Waals surface area contributed by atoms with Crippen molar-refractivity contribution in [2.24, 2.45) is 0 Å². The van der Waals surface area contributed by atoms with E-state index >= 15 is 0 Å². The van der Waals surface area contributed by atoms with E-state index in [9.17, 15) is 4.79 Å². The summed E-state index contributed by atoms with van der Waals surface area (Å²) in [5.41, 5.74) is 5.29. The molecule has 154 valence electrons. The second kappa shape index (κ2) is 9.23. The summed E-state index contributed by atoms with van der Waals surface area (Å²) in [7, 11) is 0. The van der Waals surface area contributed by atoms with Crippen LogP contribution in [-0.4, -0.2) is 34.9 Å². The average Bonchev–Trinajstić information content (AvgIpc) is 2.77. The highest BCUT2D eigenvalue weighted by Gasteiger charge is 2.30. The van der Waals surface area contributed by atoms with Gasteiger partial charge in [0, 0.05) is 49.3 Å². The first-order valence-electron chi connectivity index (χ1n) is 10.7. The molecule has 2 heterocycles. The van der Waals surface area contributed by atoms with Gasteiger partial charge < -0.3 is 4.90 Å². The first kappa shape index (κ1) is 20.3. The minimum absolute atomic E-state index is 0.0910. The normalized spacial score (nSPS) is 15.1. The topological polar surface area (TPSA) is 36.4 Å². The molecular weight excluding hydrogens is 370 g/mol. The Bertz CT molecular complexity index is 977. The minimum atomic E-state index is 0.0910. The number of anilines is 1. The van der Waals surface area contributed by atoms with Gasteiger partial charge in [-0.05, 0) is 62.6 Å². The van der Waals surface area contributed by atoms with Crippen molar-refractivity contribution in [3.05, 3.63) is 95.3 Å². The van der Waals surface area contributed by atoms with Crippen molar-refractivity contribution >= 4 is 11.6 Å². The van der Waals surface area contributed by atoms with E-state index in [-0.39, 0.29) is 11.9 Å². The van der Waals surface area contributed by atoms with E-state index in [1.807, 2.05) is 54.5 Å². The van der Waals surface area contributed by atoms with E-state index in [4.69, 9.17) is 0 Å².